The van der Waals surface area contributed by atoms with Gasteiger partial charge in [-0.3, -0.25) is 4.79 Å². The van der Waals surface area contributed by atoms with Gasteiger partial charge in [-0.2, -0.15) is 0 Å². The van der Waals surface area contributed by atoms with Gasteiger partial charge in [-0.05, 0) is 42.7 Å². The molecular weight excluding hydrogens is 312 g/mol. The second kappa shape index (κ2) is 7.13. The summed E-state index contributed by atoms with van der Waals surface area (Å²) in [6.07, 6.45) is 4.68. The van der Waals surface area contributed by atoms with Crippen LogP contribution in [-0.4, -0.2) is 20.4 Å². The van der Waals surface area contributed by atoms with Gasteiger partial charge in [-0.25, -0.2) is 4.98 Å². The summed E-state index contributed by atoms with van der Waals surface area (Å²) in [7, 11) is 0. The third-order valence-corrected chi connectivity index (χ3v) is 4.30. The van der Waals surface area contributed by atoms with Gasteiger partial charge in [0.1, 0.15) is 11.9 Å². The maximum atomic E-state index is 12.8. The van der Waals surface area contributed by atoms with Crippen LogP contribution in [0.1, 0.15) is 51.9 Å². The number of nitrogens with zero attached hydrogens (tertiary/aromatic N) is 2. The van der Waals surface area contributed by atoms with Crippen molar-refractivity contribution in [2.75, 3.05) is 5.32 Å². The third-order valence-electron chi connectivity index (χ3n) is 4.30. The first-order valence-electron chi connectivity index (χ1n) is 8.87. The summed E-state index contributed by atoms with van der Waals surface area (Å²) < 4.78 is 1.97. The summed E-state index contributed by atoms with van der Waals surface area (Å²) >= 11 is 0. The van der Waals surface area contributed by atoms with E-state index in [0.717, 1.165) is 29.0 Å². The second-order valence-electron chi connectivity index (χ2n) is 7.27. The van der Waals surface area contributed by atoms with Gasteiger partial charge in [0.25, 0.3) is 0 Å². The van der Waals surface area contributed by atoms with Crippen LogP contribution in [0.4, 0.5) is 5.69 Å². The molecule has 0 saturated carbocycles. The highest BCUT2D eigenvalue weighted by Crippen LogP contribution is 2.23. The standard InChI is InChI=1S/C20H26N4O/c1-13(2)11-18(24-9-5-6-10-24)20(25)21-15-7-8-16-17(12-15)23-19(22-16)14(3)4/h5-10,12-14,18H,11H2,1-4H3,(H,21,25)(H,22,23)/t18-/m1/s1. The first-order chi connectivity index (χ1) is 11.9. The first kappa shape index (κ1) is 17.3. The predicted molar refractivity (Wildman–Crippen MR) is 102 cm³/mol. The minimum atomic E-state index is -0.210. The molecule has 3 aromatic rings. The minimum Gasteiger partial charge on any atom is -0.342 e. The fourth-order valence-electron chi connectivity index (χ4n) is 2.97. The van der Waals surface area contributed by atoms with Crippen LogP contribution >= 0.6 is 0 Å². The Balaban J connectivity index is 1.82. The fraction of sp³-hybridized carbons (Fsp3) is 0.400. The monoisotopic (exact) mass is 338 g/mol. The number of anilines is 1. The molecule has 0 aliphatic rings. The summed E-state index contributed by atoms with van der Waals surface area (Å²) in [5, 5.41) is 3.06. The van der Waals surface area contributed by atoms with Crippen molar-refractivity contribution in [3.63, 3.8) is 0 Å². The zero-order valence-electron chi connectivity index (χ0n) is 15.3. The van der Waals surface area contributed by atoms with E-state index >= 15 is 0 Å². The average molecular weight is 338 g/mol. The molecular formula is C20H26N4O. The van der Waals surface area contributed by atoms with Crippen LogP contribution in [0.5, 0.6) is 0 Å². The normalized spacial score (nSPS) is 12.9. The number of aromatic amines is 1. The van der Waals surface area contributed by atoms with Gasteiger partial charge in [0, 0.05) is 24.0 Å². The lowest BCUT2D eigenvalue weighted by Gasteiger charge is -2.20. The van der Waals surface area contributed by atoms with Crippen molar-refractivity contribution < 1.29 is 4.79 Å². The number of nitrogens with one attached hydrogen (secondary N) is 2. The quantitative estimate of drug-likeness (QED) is 0.683. The first-order valence-corrected chi connectivity index (χ1v) is 8.87. The highest BCUT2D eigenvalue weighted by molar-refractivity contribution is 5.95. The van der Waals surface area contributed by atoms with Crippen LogP contribution in [0, 0.1) is 5.92 Å². The molecule has 1 atom stereocenters. The van der Waals surface area contributed by atoms with Crippen molar-refractivity contribution in [1.29, 1.82) is 0 Å². The lowest BCUT2D eigenvalue weighted by atomic mass is 10.0. The van der Waals surface area contributed by atoms with Gasteiger partial charge in [-0.1, -0.05) is 27.7 Å². The molecule has 5 heteroatoms. The Kier molecular flexibility index (Phi) is 4.93. The summed E-state index contributed by atoms with van der Waals surface area (Å²) in [5.41, 5.74) is 2.66. The zero-order chi connectivity index (χ0) is 18.0. The predicted octanol–water partition coefficient (Wildman–Crippen LogP) is 4.71. The van der Waals surface area contributed by atoms with E-state index in [1.165, 1.54) is 0 Å². The van der Waals surface area contributed by atoms with Gasteiger partial charge < -0.3 is 14.9 Å². The Labute approximate surface area is 148 Å². The summed E-state index contributed by atoms with van der Waals surface area (Å²) in [6, 6.07) is 9.50. The van der Waals surface area contributed by atoms with Crippen LogP contribution < -0.4 is 5.32 Å². The van der Waals surface area contributed by atoms with E-state index in [2.05, 4.69) is 43.0 Å². The SMILES string of the molecule is CC(C)C[C@H](C(=O)Nc1ccc2nc(C(C)C)[nH]c2c1)n1cccc1. The molecule has 0 bridgehead atoms. The molecule has 0 aliphatic heterocycles. The minimum absolute atomic E-state index is 0.00727. The molecule has 0 fully saturated rings. The highest BCUT2D eigenvalue weighted by Gasteiger charge is 2.21. The highest BCUT2D eigenvalue weighted by atomic mass is 16.2. The molecule has 5 nitrogen and oxygen atoms in total. The second-order valence-corrected chi connectivity index (χ2v) is 7.27. The van der Waals surface area contributed by atoms with Crippen molar-refractivity contribution in [3.8, 4) is 0 Å². The number of amides is 1. The number of imidazole rings is 1. The molecule has 2 aromatic heterocycles. The molecule has 0 aliphatic carbocycles. The van der Waals surface area contributed by atoms with E-state index in [1.807, 2.05) is 47.3 Å². The Bertz CT molecular complexity index is 846. The lowest BCUT2D eigenvalue weighted by molar-refractivity contribution is -0.119. The molecule has 1 aromatic carbocycles. The zero-order valence-corrected chi connectivity index (χ0v) is 15.3. The van der Waals surface area contributed by atoms with Crippen LogP contribution in [-0.2, 0) is 4.79 Å². The number of carbonyl (C=O) groups excluding carboxylic acids is 1. The van der Waals surface area contributed by atoms with Crippen LogP contribution in [0.15, 0.2) is 42.7 Å². The molecule has 0 spiro atoms. The van der Waals surface area contributed by atoms with Gasteiger partial charge in [-0.15, -0.1) is 0 Å². The number of benzene rings is 1. The van der Waals surface area contributed by atoms with E-state index in [9.17, 15) is 4.79 Å². The van der Waals surface area contributed by atoms with Crippen molar-refractivity contribution in [1.82, 2.24) is 14.5 Å². The lowest BCUT2D eigenvalue weighted by Crippen LogP contribution is -2.26. The molecule has 2 heterocycles. The van der Waals surface area contributed by atoms with Crippen LogP contribution in [0.2, 0.25) is 0 Å². The van der Waals surface area contributed by atoms with Crippen molar-refractivity contribution in [3.05, 3.63) is 48.5 Å². The van der Waals surface area contributed by atoms with E-state index in [-0.39, 0.29) is 11.9 Å². The molecule has 2 N–H and O–H groups in total. The van der Waals surface area contributed by atoms with E-state index < -0.39 is 0 Å². The molecule has 25 heavy (non-hydrogen) atoms. The van der Waals surface area contributed by atoms with E-state index in [1.54, 1.807) is 0 Å². The van der Waals surface area contributed by atoms with Gasteiger partial charge >= 0.3 is 0 Å². The summed E-state index contributed by atoms with van der Waals surface area (Å²) in [4.78, 5) is 20.7. The van der Waals surface area contributed by atoms with Gasteiger partial charge in [0.15, 0.2) is 0 Å². The number of H-pyrrole nitrogens is 1. The largest absolute Gasteiger partial charge is 0.342 e. The van der Waals surface area contributed by atoms with Gasteiger partial charge in [0.2, 0.25) is 5.91 Å². The molecule has 0 radical (unpaired) electrons. The number of fused-ring (bicyclic) bond motifs is 1. The Morgan fingerprint density at radius 2 is 1.92 bits per heavy atom. The van der Waals surface area contributed by atoms with Crippen LogP contribution in [0.3, 0.4) is 0 Å². The molecule has 132 valence electrons. The molecule has 0 unspecified atom stereocenters. The van der Waals surface area contributed by atoms with Crippen molar-refractivity contribution in [2.24, 2.45) is 5.92 Å². The number of hydrogen-bond donors (Lipinski definition) is 2. The Morgan fingerprint density at radius 1 is 1.20 bits per heavy atom. The summed E-state index contributed by atoms with van der Waals surface area (Å²) in [5.74, 6) is 1.74. The molecule has 1 amide bonds. The number of carbonyl (C=O) groups is 1. The van der Waals surface area contributed by atoms with Crippen molar-refractivity contribution >= 4 is 22.6 Å². The molecule has 0 saturated heterocycles. The maximum absolute atomic E-state index is 12.8. The van der Waals surface area contributed by atoms with E-state index in [4.69, 9.17) is 0 Å². The Morgan fingerprint density at radius 3 is 2.56 bits per heavy atom. The topological polar surface area (TPSA) is 62.7 Å². The molecule has 3 rings (SSSR count). The number of aromatic nitrogens is 3. The summed E-state index contributed by atoms with van der Waals surface area (Å²) in [6.45, 7) is 8.48. The third kappa shape index (κ3) is 3.92. The Hall–Kier alpha value is -2.56. The fourth-order valence-corrected chi connectivity index (χ4v) is 2.97. The van der Waals surface area contributed by atoms with E-state index in [0.29, 0.717) is 11.8 Å². The van der Waals surface area contributed by atoms with Crippen LogP contribution in [0.25, 0.3) is 11.0 Å². The smallest absolute Gasteiger partial charge is 0.247 e. The van der Waals surface area contributed by atoms with Gasteiger partial charge in [0.05, 0.1) is 11.0 Å². The number of rotatable bonds is 6. The van der Waals surface area contributed by atoms with Crippen molar-refractivity contribution in [2.45, 2.75) is 46.1 Å². The maximum Gasteiger partial charge on any atom is 0.247 e. The average Bonchev–Trinajstić information content (AvgIpc) is 3.21. The number of hydrogen-bond acceptors (Lipinski definition) is 2.